The summed E-state index contributed by atoms with van der Waals surface area (Å²) in [5.41, 5.74) is 4.60. The Bertz CT molecular complexity index is 1100. The van der Waals surface area contributed by atoms with Gasteiger partial charge in [-0.05, 0) is 17.5 Å². The van der Waals surface area contributed by atoms with Crippen LogP contribution < -0.4 is 4.90 Å². The fraction of sp³-hybridized carbons (Fsp3) is 0.240. The van der Waals surface area contributed by atoms with Crippen LogP contribution in [-0.2, 0) is 7.05 Å². The van der Waals surface area contributed by atoms with Crippen molar-refractivity contribution in [3.63, 3.8) is 0 Å². The van der Waals surface area contributed by atoms with E-state index in [4.69, 9.17) is 0 Å². The van der Waals surface area contributed by atoms with Gasteiger partial charge in [0.05, 0.1) is 36.4 Å². The van der Waals surface area contributed by atoms with Crippen LogP contribution in [-0.4, -0.2) is 41.6 Å². The van der Waals surface area contributed by atoms with Crippen molar-refractivity contribution >= 4 is 27.5 Å². The summed E-state index contributed by atoms with van der Waals surface area (Å²) < 4.78 is 3.21. The van der Waals surface area contributed by atoms with Crippen molar-refractivity contribution in [2.75, 3.05) is 26.2 Å². The highest BCUT2D eigenvalue weighted by Crippen LogP contribution is 2.25. The Balaban J connectivity index is 1.35. The van der Waals surface area contributed by atoms with Gasteiger partial charge in [0.1, 0.15) is 11.7 Å². The van der Waals surface area contributed by atoms with Crippen molar-refractivity contribution < 1.29 is 9.69 Å². The van der Waals surface area contributed by atoms with Gasteiger partial charge < -0.3 is 14.4 Å². The molecule has 0 atom stereocenters. The van der Waals surface area contributed by atoms with Gasteiger partial charge in [-0.15, -0.1) is 11.3 Å². The minimum Gasteiger partial charge on any atom is -0.339 e. The number of aryl methyl sites for hydroxylation is 1. The average molecular weight is 417 g/mol. The number of carbonyl (C=O) groups excluding carboxylic acids is 1. The monoisotopic (exact) mass is 416 g/mol. The van der Waals surface area contributed by atoms with E-state index in [1.165, 1.54) is 20.7 Å². The number of hydrogen-bond donors (Lipinski definition) is 1. The van der Waals surface area contributed by atoms with E-state index in [1.54, 1.807) is 11.3 Å². The molecular weight excluding hydrogens is 390 g/mol. The van der Waals surface area contributed by atoms with Gasteiger partial charge in [-0.3, -0.25) is 4.79 Å². The Morgan fingerprint density at radius 1 is 0.933 bits per heavy atom. The molecule has 0 spiro atoms. The third kappa shape index (κ3) is 3.44. The van der Waals surface area contributed by atoms with E-state index in [9.17, 15) is 4.79 Å². The summed E-state index contributed by atoms with van der Waals surface area (Å²) in [6.45, 7) is 3.45. The Labute approximate surface area is 181 Å². The number of quaternary nitrogens is 1. The second-order valence-corrected chi connectivity index (χ2v) is 8.91. The summed E-state index contributed by atoms with van der Waals surface area (Å²) in [4.78, 5) is 16.7. The lowest BCUT2D eigenvalue weighted by Crippen LogP contribution is -3.15. The lowest BCUT2D eigenvalue weighted by molar-refractivity contribution is -0.929. The van der Waals surface area contributed by atoms with Crippen LogP contribution in [0.1, 0.15) is 27.7 Å². The van der Waals surface area contributed by atoms with Crippen LogP contribution in [0.3, 0.4) is 0 Å². The molecule has 5 heteroatoms. The fourth-order valence-electron chi connectivity index (χ4n) is 4.66. The van der Waals surface area contributed by atoms with Crippen molar-refractivity contribution in [3.05, 3.63) is 95.0 Å². The largest absolute Gasteiger partial charge is 0.339 e. The van der Waals surface area contributed by atoms with Gasteiger partial charge in [0, 0.05) is 18.2 Å². The fourth-order valence-corrected chi connectivity index (χ4v) is 5.51. The lowest BCUT2D eigenvalue weighted by Gasteiger charge is -2.37. The Morgan fingerprint density at radius 3 is 2.10 bits per heavy atom. The van der Waals surface area contributed by atoms with Crippen LogP contribution in [0.15, 0.2) is 78.2 Å². The van der Waals surface area contributed by atoms with Gasteiger partial charge in [0.25, 0.3) is 5.91 Å². The highest BCUT2D eigenvalue weighted by Gasteiger charge is 2.32. The molecule has 0 saturated carbocycles. The highest BCUT2D eigenvalue weighted by molar-refractivity contribution is 7.17. The van der Waals surface area contributed by atoms with Crippen LogP contribution in [0.25, 0.3) is 10.2 Å². The molecule has 1 N–H and O–H groups in total. The summed E-state index contributed by atoms with van der Waals surface area (Å²) in [5, 5.41) is 2.08. The predicted molar refractivity (Wildman–Crippen MR) is 122 cm³/mol. The Morgan fingerprint density at radius 2 is 1.53 bits per heavy atom. The molecule has 2 aromatic heterocycles. The summed E-state index contributed by atoms with van der Waals surface area (Å²) in [6.07, 6.45) is 0. The molecule has 1 aliphatic heterocycles. The van der Waals surface area contributed by atoms with Crippen molar-refractivity contribution in [1.29, 1.82) is 0 Å². The number of fused-ring (bicyclic) bond motifs is 1. The molecule has 1 saturated heterocycles. The number of benzene rings is 2. The maximum absolute atomic E-state index is 13.2. The zero-order chi connectivity index (χ0) is 20.5. The molecule has 152 valence electrons. The number of nitrogens with one attached hydrogen (secondary N) is 1. The zero-order valence-electron chi connectivity index (χ0n) is 17.1. The molecule has 3 heterocycles. The van der Waals surface area contributed by atoms with Gasteiger partial charge >= 0.3 is 0 Å². The van der Waals surface area contributed by atoms with E-state index in [-0.39, 0.29) is 5.91 Å². The molecule has 30 heavy (non-hydrogen) atoms. The van der Waals surface area contributed by atoms with Crippen molar-refractivity contribution in [3.8, 4) is 0 Å². The molecule has 1 fully saturated rings. The predicted octanol–water partition coefficient (Wildman–Crippen LogP) is 3.37. The van der Waals surface area contributed by atoms with Crippen LogP contribution in [0.4, 0.5) is 0 Å². The van der Waals surface area contributed by atoms with Gasteiger partial charge in [-0.1, -0.05) is 60.7 Å². The Hall–Kier alpha value is -2.89. The van der Waals surface area contributed by atoms with Crippen LogP contribution in [0.5, 0.6) is 0 Å². The van der Waals surface area contributed by atoms with E-state index in [2.05, 4.69) is 72.1 Å². The van der Waals surface area contributed by atoms with E-state index < -0.39 is 0 Å². The lowest BCUT2D eigenvalue weighted by atomic mass is 9.96. The number of nitrogens with zero attached hydrogens (tertiary/aromatic N) is 2. The van der Waals surface area contributed by atoms with Crippen LogP contribution in [0, 0.1) is 0 Å². The first-order valence-corrected chi connectivity index (χ1v) is 11.4. The number of thiophene rings is 1. The second kappa shape index (κ2) is 8.09. The van der Waals surface area contributed by atoms with Gasteiger partial charge in [-0.2, -0.15) is 0 Å². The van der Waals surface area contributed by atoms with Crippen molar-refractivity contribution in [2.24, 2.45) is 7.05 Å². The summed E-state index contributed by atoms with van der Waals surface area (Å²) >= 11 is 1.69. The van der Waals surface area contributed by atoms with Gasteiger partial charge in [0.2, 0.25) is 0 Å². The third-order valence-electron chi connectivity index (χ3n) is 6.25. The van der Waals surface area contributed by atoms with E-state index in [1.807, 2.05) is 22.6 Å². The van der Waals surface area contributed by atoms with Crippen LogP contribution in [0.2, 0.25) is 0 Å². The second-order valence-electron chi connectivity index (χ2n) is 7.96. The standard InChI is InChI=1S/C25H25N3OS/c1-26-21-12-17-30-23(21)18-22(26)25(29)28-15-13-27(14-16-28)24(19-8-4-2-5-9-19)20-10-6-3-7-11-20/h2-12,17-18,24H,13-16H2,1H3/p+1. The average Bonchev–Trinajstić information content (AvgIpc) is 3.38. The minimum absolute atomic E-state index is 0.149. The molecule has 4 aromatic rings. The van der Waals surface area contributed by atoms with Gasteiger partial charge in [0.15, 0.2) is 0 Å². The van der Waals surface area contributed by atoms with E-state index in [0.717, 1.165) is 37.4 Å². The quantitative estimate of drug-likeness (QED) is 0.543. The van der Waals surface area contributed by atoms with E-state index in [0.29, 0.717) is 6.04 Å². The Kier molecular flexibility index (Phi) is 5.15. The molecule has 1 amide bonds. The SMILES string of the molecule is Cn1c(C(=O)N2CC[NH+](C(c3ccccc3)c3ccccc3)CC2)cc2sccc21. The number of amides is 1. The normalized spacial score (nSPS) is 15.2. The molecule has 2 aromatic carbocycles. The number of aromatic nitrogens is 1. The molecule has 0 aliphatic carbocycles. The number of piperazine rings is 1. The third-order valence-corrected chi connectivity index (χ3v) is 7.10. The number of rotatable bonds is 4. The number of carbonyl (C=O) groups is 1. The van der Waals surface area contributed by atoms with Crippen molar-refractivity contribution in [2.45, 2.75) is 6.04 Å². The number of hydrogen-bond acceptors (Lipinski definition) is 2. The molecule has 5 rings (SSSR count). The molecule has 0 bridgehead atoms. The first-order valence-electron chi connectivity index (χ1n) is 10.5. The van der Waals surface area contributed by atoms with Crippen LogP contribution >= 0.6 is 11.3 Å². The molecule has 0 radical (unpaired) electrons. The molecule has 4 nitrogen and oxygen atoms in total. The van der Waals surface area contributed by atoms with Gasteiger partial charge in [-0.25, -0.2) is 0 Å². The summed E-state index contributed by atoms with van der Waals surface area (Å²) in [7, 11) is 1.99. The molecule has 1 aliphatic rings. The zero-order valence-corrected chi connectivity index (χ0v) is 17.9. The smallest absolute Gasteiger partial charge is 0.270 e. The van der Waals surface area contributed by atoms with Crippen molar-refractivity contribution in [1.82, 2.24) is 9.47 Å². The maximum atomic E-state index is 13.2. The summed E-state index contributed by atoms with van der Waals surface area (Å²) in [6, 6.07) is 25.9. The first-order chi connectivity index (χ1) is 14.7. The van der Waals surface area contributed by atoms with E-state index >= 15 is 0 Å². The minimum atomic E-state index is 0.149. The first kappa shape index (κ1) is 19.1. The summed E-state index contributed by atoms with van der Waals surface area (Å²) in [5.74, 6) is 0.149. The maximum Gasteiger partial charge on any atom is 0.270 e. The molecule has 0 unspecified atom stereocenters. The highest BCUT2D eigenvalue weighted by atomic mass is 32.1. The topological polar surface area (TPSA) is 29.7 Å². The molecular formula is C25H26N3OS+.